The number of hydrogen-bond donors (Lipinski definition) is 0. The Morgan fingerprint density at radius 3 is 2.04 bits per heavy atom. The first-order valence-corrected chi connectivity index (χ1v) is 9.98. The van der Waals surface area contributed by atoms with E-state index < -0.39 is 0 Å². The summed E-state index contributed by atoms with van der Waals surface area (Å²) in [6, 6.07) is 8.73. The van der Waals surface area contributed by atoms with Crippen molar-refractivity contribution in [3.05, 3.63) is 29.8 Å². The maximum Gasteiger partial charge on any atom is 0.119 e. The van der Waals surface area contributed by atoms with Crippen LogP contribution in [0.25, 0.3) is 0 Å². The van der Waals surface area contributed by atoms with Gasteiger partial charge in [-0.05, 0) is 42.9 Å². The van der Waals surface area contributed by atoms with Crippen LogP contribution in [0, 0.1) is 5.92 Å². The van der Waals surface area contributed by atoms with Gasteiger partial charge in [0.2, 0.25) is 0 Å². The quantitative estimate of drug-likeness (QED) is 0.330. The van der Waals surface area contributed by atoms with E-state index in [0.717, 1.165) is 18.3 Å². The largest absolute Gasteiger partial charge is 0.494 e. The lowest BCUT2D eigenvalue weighted by Gasteiger charge is -2.09. The third-order valence-electron chi connectivity index (χ3n) is 4.81. The zero-order chi connectivity index (χ0) is 16.8. The Hall–Kier alpha value is -0.980. The van der Waals surface area contributed by atoms with Crippen LogP contribution in [-0.4, -0.2) is 6.61 Å². The van der Waals surface area contributed by atoms with E-state index >= 15 is 0 Å². The molecular weight excluding hydrogens is 280 g/mol. The number of ether oxygens (including phenoxy) is 1. The summed E-state index contributed by atoms with van der Waals surface area (Å²) in [5.41, 5.74) is 1.43. The zero-order valence-electron chi connectivity index (χ0n) is 15.8. The molecule has 0 aliphatic carbocycles. The van der Waals surface area contributed by atoms with Crippen molar-refractivity contribution in [3.63, 3.8) is 0 Å². The standard InChI is InChI=1S/C22H38O/c1-4-6-7-8-9-10-11-12-19-23-22-17-15-21(16-18-22)14-13-20(3)5-2/h15-18,20H,4-14,19H2,1-3H3/t20-/m0/s1. The molecule has 1 aromatic carbocycles. The Morgan fingerprint density at radius 1 is 0.826 bits per heavy atom. The molecule has 0 aromatic heterocycles. The Balaban J connectivity index is 2.04. The molecule has 0 heterocycles. The van der Waals surface area contributed by atoms with Gasteiger partial charge >= 0.3 is 0 Å². The van der Waals surface area contributed by atoms with Crippen molar-refractivity contribution in [1.82, 2.24) is 0 Å². The van der Waals surface area contributed by atoms with Crippen LogP contribution in [0.4, 0.5) is 0 Å². The van der Waals surface area contributed by atoms with Crippen molar-refractivity contribution >= 4 is 0 Å². The maximum atomic E-state index is 5.85. The molecule has 1 rings (SSSR count). The van der Waals surface area contributed by atoms with Gasteiger partial charge in [0.25, 0.3) is 0 Å². The Morgan fingerprint density at radius 2 is 1.43 bits per heavy atom. The van der Waals surface area contributed by atoms with Gasteiger partial charge in [-0.15, -0.1) is 0 Å². The summed E-state index contributed by atoms with van der Waals surface area (Å²) in [4.78, 5) is 0. The summed E-state index contributed by atoms with van der Waals surface area (Å²) in [5, 5.41) is 0. The molecule has 0 amide bonds. The monoisotopic (exact) mass is 318 g/mol. The van der Waals surface area contributed by atoms with Crippen molar-refractivity contribution in [1.29, 1.82) is 0 Å². The second-order valence-corrected chi connectivity index (χ2v) is 7.02. The third-order valence-corrected chi connectivity index (χ3v) is 4.81. The van der Waals surface area contributed by atoms with E-state index in [0.29, 0.717) is 0 Å². The van der Waals surface area contributed by atoms with Crippen LogP contribution < -0.4 is 4.74 Å². The number of hydrogen-bond acceptors (Lipinski definition) is 1. The van der Waals surface area contributed by atoms with Gasteiger partial charge in [-0.1, -0.05) is 84.3 Å². The van der Waals surface area contributed by atoms with Gasteiger partial charge in [0.1, 0.15) is 5.75 Å². The minimum Gasteiger partial charge on any atom is -0.494 e. The number of unbranched alkanes of at least 4 members (excludes halogenated alkanes) is 7. The molecule has 0 N–H and O–H groups in total. The van der Waals surface area contributed by atoms with E-state index in [2.05, 4.69) is 45.0 Å². The minimum atomic E-state index is 0.827. The molecule has 1 atom stereocenters. The predicted octanol–water partition coefficient (Wildman–Crippen LogP) is 7.18. The zero-order valence-corrected chi connectivity index (χ0v) is 15.8. The smallest absolute Gasteiger partial charge is 0.119 e. The fraction of sp³-hybridized carbons (Fsp3) is 0.727. The summed E-state index contributed by atoms with van der Waals surface area (Å²) in [6.45, 7) is 7.74. The van der Waals surface area contributed by atoms with Crippen LogP contribution in [0.1, 0.15) is 90.5 Å². The molecule has 1 nitrogen and oxygen atoms in total. The van der Waals surface area contributed by atoms with Gasteiger partial charge in [-0.2, -0.15) is 0 Å². The SMILES string of the molecule is CCCCCCCCCCOc1ccc(CC[C@@H](C)CC)cc1. The van der Waals surface area contributed by atoms with E-state index in [1.807, 2.05) is 0 Å². The van der Waals surface area contributed by atoms with E-state index in [1.165, 1.54) is 76.2 Å². The fourth-order valence-electron chi connectivity index (χ4n) is 2.80. The molecule has 132 valence electrons. The highest BCUT2D eigenvalue weighted by molar-refractivity contribution is 5.27. The molecule has 0 unspecified atom stereocenters. The van der Waals surface area contributed by atoms with Gasteiger partial charge in [-0.25, -0.2) is 0 Å². The van der Waals surface area contributed by atoms with E-state index in [-0.39, 0.29) is 0 Å². The number of aryl methyl sites for hydroxylation is 1. The highest BCUT2D eigenvalue weighted by Crippen LogP contribution is 2.17. The molecule has 0 spiro atoms. The van der Waals surface area contributed by atoms with Gasteiger partial charge in [0, 0.05) is 0 Å². The third kappa shape index (κ3) is 10.4. The molecule has 0 bridgehead atoms. The highest BCUT2D eigenvalue weighted by Gasteiger charge is 2.01. The van der Waals surface area contributed by atoms with Gasteiger partial charge < -0.3 is 4.74 Å². The van der Waals surface area contributed by atoms with E-state index in [4.69, 9.17) is 4.74 Å². The first-order chi connectivity index (χ1) is 11.3. The average molecular weight is 319 g/mol. The minimum absolute atomic E-state index is 0.827. The molecular formula is C22H38O. The van der Waals surface area contributed by atoms with Crippen molar-refractivity contribution in [2.75, 3.05) is 6.61 Å². The average Bonchev–Trinajstić information content (AvgIpc) is 2.59. The maximum absolute atomic E-state index is 5.85. The van der Waals surface area contributed by atoms with E-state index in [9.17, 15) is 0 Å². The molecule has 23 heavy (non-hydrogen) atoms. The fourth-order valence-corrected chi connectivity index (χ4v) is 2.80. The first kappa shape index (κ1) is 20.1. The molecule has 0 saturated heterocycles. The number of benzene rings is 1. The molecule has 0 radical (unpaired) electrons. The molecule has 0 aliphatic rings. The Labute approximate surface area is 144 Å². The van der Waals surface area contributed by atoms with Crippen LogP contribution in [-0.2, 0) is 6.42 Å². The molecule has 0 aliphatic heterocycles. The summed E-state index contributed by atoms with van der Waals surface area (Å²) in [5.74, 6) is 1.85. The van der Waals surface area contributed by atoms with E-state index in [1.54, 1.807) is 0 Å². The highest BCUT2D eigenvalue weighted by atomic mass is 16.5. The Kier molecular flexibility index (Phi) is 11.7. The normalized spacial score (nSPS) is 12.3. The molecule has 0 fully saturated rings. The van der Waals surface area contributed by atoms with Crippen LogP contribution in [0.5, 0.6) is 5.75 Å². The van der Waals surface area contributed by atoms with Crippen LogP contribution >= 0.6 is 0 Å². The van der Waals surface area contributed by atoms with Gasteiger partial charge in [0.15, 0.2) is 0 Å². The summed E-state index contributed by atoms with van der Waals surface area (Å²) in [6.07, 6.45) is 14.6. The summed E-state index contributed by atoms with van der Waals surface area (Å²) in [7, 11) is 0. The van der Waals surface area contributed by atoms with Crippen LogP contribution in [0.3, 0.4) is 0 Å². The predicted molar refractivity (Wildman–Crippen MR) is 102 cm³/mol. The topological polar surface area (TPSA) is 9.23 Å². The van der Waals surface area contributed by atoms with Crippen molar-refractivity contribution in [2.24, 2.45) is 5.92 Å². The molecule has 0 saturated carbocycles. The molecule has 1 aromatic rings. The van der Waals surface area contributed by atoms with Crippen molar-refractivity contribution in [2.45, 2.75) is 91.4 Å². The second kappa shape index (κ2) is 13.5. The molecule has 1 heteroatoms. The van der Waals surface area contributed by atoms with Crippen molar-refractivity contribution in [3.8, 4) is 5.75 Å². The summed E-state index contributed by atoms with van der Waals surface area (Å²) < 4.78 is 5.85. The second-order valence-electron chi connectivity index (χ2n) is 7.02. The van der Waals surface area contributed by atoms with Crippen molar-refractivity contribution < 1.29 is 4.74 Å². The Bertz CT molecular complexity index is 368. The van der Waals surface area contributed by atoms with Crippen LogP contribution in [0.15, 0.2) is 24.3 Å². The lowest BCUT2D eigenvalue weighted by Crippen LogP contribution is -1.98. The summed E-state index contributed by atoms with van der Waals surface area (Å²) >= 11 is 0. The first-order valence-electron chi connectivity index (χ1n) is 9.98. The number of rotatable bonds is 14. The lowest BCUT2D eigenvalue weighted by atomic mass is 9.99. The lowest BCUT2D eigenvalue weighted by molar-refractivity contribution is 0.304. The van der Waals surface area contributed by atoms with Gasteiger partial charge in [-0.3, -0.25) is 0 Å². The van der Waals surface area contributed by atoms with Crippen LogP contribution in [0.2, 0.25) is 0 Å². The van der Waals surface area contributed by atoms with Gasteiger partial charge in [0.05, 0.1) is 6.61 Å².